The molecule has 0 aliphatic carbocycles. The SMILES string of the molecule is Cn1ncc(C#N)c1CCCN. The number of nitriles is 1. The average molecular weight is 164 g/mol. The van der Waals surface area contributed by atoms with E-state index in [0.717, 1.165) is 18.5 Å². The van der Waals surface area contributed by atoms with E-state index in [2.05, 4.69) is 11.2 Å². The molecule has 0 saturated carbocycles. The van der Waals surface area contributed by atoms with E-state index in [1.165, 1.54) is 0 Å². The van der Waals surface area contributed by atoms with Gasteiger partial charge in [0, 0.05) is 7.05 Å². The van der Waals surface area contributed by atoms with E-state index in [1.54, 1.807) is 10.9 Å². The molecule has 0 amide bonds. The molecule has 0 saturated heterocycles. The van der Waals surface area contributed by atoms with E-state index in [9.17, 15) is 0 Å². The molecule has 2 N–H and O–H groups in total. The van der Waals surface area contributed by atoms with Crippen LogP contribution in [0.2, 0.25) is 0 Å². The van der Waals surface area contributed by atoms with Gasteiger partial charge in [0.05, 0.1) is 17.5 Å². The van der Waals surface area contributed by atoms with Gasteiger partial charge in [-0.2, -0.15) is 10.4 Å². The fourth-order valence-corrected chi connectivity index (χ4v) is 1.12. The Morgan fingerprint density at radius 1 is 1.75 bits per heavy atom. The molecule has 0 atom stereocenters. The van der Waals surface area contributed by atoms with Crippen LogP contribution in [-0.2, 0) is 13.5 Å². The monoisotopic (exact) mass is 164 g/mol. The molecule has 12 heavy (non-hydrogen) atoms. The van der Waals surface area contributed by atoms with E-state index in [1.807, 2.05) is 7.05 Å². The Labute approximate surface area is 71.6 Å². The topological polar surface area (TPSA) is 67.6 Å². The molecule has 4 nitrogen and oxygen atoms in total. The summed E-state index contributed by atoms with van der Waals surface area (Å²) in [5.41, 5.74) is 7.01. The smallest absolute Gasteiger partial charge is 0.103 e. The van der Waals surface area contributed by atoms with E-state index in [-0.39, 0.29) is 0 Å². The predicted molar refractivity (Wildman–Crippen MR) is 45.3 cm³/mol. The number of aromatic nitrogens is 2. The zero-order valence-electron chi connectivity index (χ0n) is 7.12. The summed E-state index contributed by atoms with van der Waals surface area (Å²) in [6, 6.07) is 2.10. The highest BCUT2D eigenvalue weighted by Gasteiger charge is 2.05. The highest BCUT2D eigenvalue weighted by Crippen LogP contribution is 2.07. The lowest BCUT2D eigenvalue weighted by atomic mass is 10.2. The molecule has 0 unspecified atom stereocenters. The van der Waals surface area contributed by atoms with Crippen molar-refractivity contribution >= 4 is 0 Å². The number of hydrogen-bond donors (Lipinski definition) is 1. The third-order valence-corrected chi connectivity index (χ3v) is 1.80. The molecular formula is C8H12N4. The van der Waals surface area contributed by atoms with Crippen LogP contribution in [0.25, 0.3) is 0 Å². The molecule has 0 radical (unpaired) electrons. The fraction of sp³-hybridized carbons (Fsp3) is 0.500. The van der Waals surface area contributed by atoms with Gasteiger partial charge in [-0.3, -0.25) is 4.68 Å². The van der Waals surface area contributed by atoms with Crippen molar-refractivity contribution in [2.45, 2.75) is 12.8 Å². The highest BCUT2D eigenvalue weighted by atomic mass is 15.3. The molecule has 4 heteroatoms. The van der Waals surface area contributed by atoms with Crippen molar-refractivity contribution in [2.75, 3.05) is 6.54 Å². The van der Waals surface area contributed by atoms with Gasteiger partial charge in [0.25, 0.3) is 0 Å². The zero-order valence-corrected chi connectivity index (χ0v) is 7.12. The van der Waals surface area contributed by atoms with Gasteiger partial charge in [-0.05, 0) is 19.4 Å². The maximum atomic E-state index is 8.70. The second-order valence-corrected chi connectivity index (χ2v) is 2.63. The molecule has 64 valence electrons. The molecule has 0 aliphatic rings. The summed E-state index contributed by atoms with van der Waals surface area (Å²) in [6.45, 7) is 0.649. The minimum Gasteiger partial charge on any atom is -0.330 e. The molecule has 0 bridgehead atoms. The van der Waals surface area contributed by atoms with Crippen LogP contribution in [0.3, 0.4) is 0 Å². The Morgan fingerprint density at radius 3 is 3.08 bits per heavy atom. The van der Waals surface area contributed by atoms with Gasteiger partial charge in [-0.15, -0.1) is 0 Å². The van der Waals surface area contributed by atoms with E-state index in [4.69, 9.17) is 11.0 Å². The first-order valence-corrected chi connectivity index (χ1v) is 3.90. The largest absolute Gasteiger partial charge is 0.330 e. The van der Waals surface area contributed by atoms with Crippen LogP contribution in [-0.4, -0.2) is 16.3 Å². The first-order chi connectivity index (χ1) is 5.79. The molecule has 0 aliphatic heterocycles. The third-order valence-electron chi connectivity index (χ3n) is 1.80. The molecule has 1 rings (SSSR count). The number of nitrogens with two attached hydrogens (primary N) is 1. The molecular weight excluding hydrogens is 152 g/mol. The molecule has 1 aromatic rings. The molecule has 0 spiro atoms. The van der Waals surface area contributed by atoms with Crippen molar-refractivity contribution in [3.8, 4) is 6.07 Å². The van der Waals surface area contributed by atoms with Crippen LogP contribution < -0.4 is 5.73 Å². The minimum atomic E-state index is 0.649. The summed E-state index contributed by atoms with van der Waals surface area (Å²) in [6.07, 6.45) is 3.32. The van der Waals surface area contributed by atoms with Crippen LogP contribution >= 0.6 is 0 Å². The highest BCUT2D eigenvalue weighted by molar-refractivity contribution is 5.31. The van der Waals surface area contributed by atoms with Crippen LogP contribution in [0.4, 0.5) is 0 Å². The second kappa shape index (κ2) is 3.88. The molecule has 1 aromatic heterocycles. The normalized spacial score (nSPS) is 9.75. The first-order valence-electron chi connectivity index (χ1n) is 3.90. The quantitative estimate of drug-likeness (QED) is 0.693. The van der Waals surface area contributed by atoms with Crippen molar-refractivity contribution in [1.82, 2.24) is 9.78 Å². The maximum Gasteiger partial charge on any atom is 0.103 e. The van der Waals surface area contributed by atoms with E-state index >= 15 is 0 Å². The minimum absolute atomic E-state index is 0.649. The van der Waals surface area contributed by atoms with Gasteiger partial charge in [0.15, 0.2) is 0 Å². The van der Waals surface area contributed by atoms with Crippen molar-refractivity contribution in [2.24, 2.45) is 12.8 Å². The average Bonchev–Trinajstić information content (AvgIpc) is 2.43. The van der Waals surface area contributed by atoms with Crippen LogP contribution in [0, 0.1) is 11.3 Å². The lowest BCUT2D eigenvalue weighted by Gasteiger charge is -1.99. The van der Waals surface area contributed by atoms with E-state index in [0.29, 0.717) is 12.1 Å². The van der Waals surface area contributed by atoms with Gasteiger partial charge >= 0.3 is 0 Å². The Morgan fingerprint density at radius 2 is 2.50 bits per heavy atom. The second-order valence-electron chi connectivity index (χ2n) is 2.63. The van der Waals surface area contributed by atoms with Crippen molar-refractivity contribution in [3.05, 3.63) is 17.5 Å². The van der Waals surface area contributed by atoms with Gasteiger partial charge in [-0.25, -0.2) is 0 Å². The van der Waals surface area contributed by atoms with Crippen LogP contribution in [0.15, 0.2) is 6.20 Å². The fourth-order valence-electron chi connectivity index (χ4n) is 1.12. The Balaban J connectivity index is 2.81. The summed E-state index contributed by atoms with van der Waals surface area (Å²) >= 11 is 0. The molecule has 1 heterocycles. The van der Waals surface area contributed by atoms with Crippen molar-refractivity contribution in [3.63, 3.8) is 0 Å². The number of aryl methyl sites for hydroxylation is 1. The standard InChI is InChI=1S/C8H12N4/c1-12-8(3-2-4-9)7(5-10)6-11-12/h6H,2-4,9H2,1H3. The van der Waals surface area contributed by atoms with Gasteiger partial charge < -0.3 is 5.73 Å². The summed E-state index contributed by atoms with van der Waals surface area (Å²) in [4.78, 5) is 0. The summed E-state index contributed by atoms with van der Waals surface area (Å²) in [5.74, 6) is 0. The Hall–Kier alpha value is -1.34. The van der Waals surface area contributed by atoms with Crippen LogP contribution in [0.1, 0.15) is 17.7 Å². The zero-order chi connectivity index (χ0) is 8.97. The number of rotatable bonds is 3. The summed E-state index contributed by atoms with van der Waals surface area (Å²) in [7, 11) is 1.84. The summed E-state index contributed by atoms with van der Waals surface area (Å²) < 4.78 is 1.73. The van der Waals surface area contributed by atoms with Gasteiger partial charge in [-0.1, -0.05) is 0 Å². The Kier molecular flexibility index (Phi) is 2.83. The van der Waals surface area contributed by atoms with Crippen molar-refractivity contribution in [1.29, 1.82) is 5.26 Å². The molecule has 0 aromatic carbocycles. The third kappa shape index (κ3) is 1.63. The maximum absolute atomic E-state index is 8.70. The van der Waals surface area contributed by atoms with Gasteiger partial charge in [0.1, 0.15) is 6.07 Å². The Bertz CT molecular complexity index is 294. The number of nitrogens with zero attached hydrogens (tertiary/aromatic N) is 3. The van der Waals surface area contributed by atoms with Crippen LogP contribution in [0.5, 0.6) is 0 Å². The van der Waals surface area contributed by atoms with E-state index < -0.39 is 0 Å². The lowest BCUT2D eigenvalue weighted by Crippen LogP contribution is -2.05. The summed E-state index contributed by atoms with van der Waals surface area (Å²) in [5, 5.41) is 12.7. The first kappa shape index (κ1) is 8.75. The lowest BCUT2D eigenvalue weighted by molar-refractivity contribution is 0.685. The van der Waals surface area contributed by atoms with Crippen molar-refractivity contribution < 1.29 is 0 Å². The van der Waals surface area contributed by atoms with Gasteiger partial charge in [0.2, 0.25) is 0 Å². The predicted octanol–water partition coefficient (Wildman–Crippen LogP) is 0.183. The molecule has 0 fully saturated rings. The number of hydrogen-bond acceptors (Lipinski definition) is 3.